The Hall–Kier alpha value is -1.61. The van der Waals surface area contributed by atoms with Crippen molar-refractivity contribution in [1.29, 1.82) is 0 Å². The molecule has 0 saturated heterocycles. The third kappa shape index (κ3) is 2.74. The number of hydrogen-bond acceptors (Lipinski definition) is 1. The fraction of sp³-hybridized carbons (Fsp3) is 0.0714. The molecule has 0 aromatic heterocycles. The van der Waals surface area contributed by atoms with Crippen LogP contribution in [0.4, 0.5) is 0 Å². The fourth-order valence-corrected chi connectivity index (χ4v) is 2.00. The highest BCUT2D eigenvalue weighted by Crippen LogP contribution is 2.20. The van der Waals surface area contributed by atoms with Crippen molar-refractivity contribution in [2.45, 2.75) is 0 Å². The van der Waals surface area contributed by atoms with Crippen LogP contribution in [0.15, 0.2) is 53.5 Å². The van der Waals surface area contributed by atoms with E-state index in [9.17, 15) is 4.79 Å². The number of amides is 1. The van der Waals surface area contributed by atoms with Crippen molar-refractivity contribution in [2.75, 3.05) is 6.54 Å². The molecule has 0 aliphatic heterocycles. The third-order valence-electron chi connectivity index (χ3n) is 2.47. The summed E-state index contributed by atoms with van der Waals surface area (Å²) < 4.78 is 1.04. The normalized spacial score (nSPS) is 10.2. The Balaban J connectivity index is 2.34. The molecule has 2 rings (SSSR count). The van der Waals surface area contributed by atoms with Gasteiger partial charge in [-0.2, -0.15) is 0 Å². The lowest BCUT2D eigenvalue weighted by atomic mass is 10.1. The first-order valence-corrected chi connectivity index (χ1v) is 6.08. The molecule has 0 saturated carbocycles. The van der Waals surface area contributed by atoms with Crippen LogP contribution in [-0.2, 0) is 0 Å². The van der Waals surface area contributed by atoms with Gasteiger partial charge in [0.25, 0.3) is 5.91 Å². The minimum absolute atomic E-state index is 0.0743. The molecule has 0 bridgehead atoms. The van der Waals surface area contributed by atoms with Crippen LogP contribution in [0.1, 0.15) is 10.4 Å². The summed E-state index contributed by atoms with van der Waals surface area (Å²) in [5, 5.41) is 4.92. The topological polar surface area (TPSA) is 29.1 Å². The Morgan fingerprint density at radius 1 is 1.24 bits per heavy atom. The van der Waals surface area contributed by atoms with Crippen LogP contribution >= 0.6 is 15.9 Å². The first-order chi connectivity index (χ1) is 8.20. The van der Waals surface area contributed by atoms with Crippen molar-refractivity contribution < 1.29 is 4.79 Å². The molecule has 0 radical (unpaired) electrons. The van der Waals surface area contributed by atoms with Gasteiger partial charge in [-0.05, 0) is 35.0 Å². The summed E-state index contributed by atoms with van der Waals surface area (Å²) in [5.74, 6) is -0.0743. The summed E-state index contributed by atoms with van der Waals surface area (Å²) >= 11 is 3.42. The van der Waals surface area contributed by atoms with Gasteiger partial charge in [-0.25, -0.2) is 0 Å². The lowest BCUT2D eigenvalue weighted by Crippen LogP contribution is -2.22. The summed E-state index contributed by atoms with van der Waals surface area (Å²) in [5.41, 5.74) is 0.668. The minimum Gasteiger partial charge on any atom is -0.349 e. The summed E-state index contributed by atoms with van der Waals surface area (Å²) in [6.45, 7) is 4.05. The molecule has 0 aliphatic carbocycles. The van der Waals surface area contributed by atoms with Crippen molar-refractivity contribution in [3.63, 3.8) is 0 Å². The number of benzene rings is 2. The number of carbonyl (C=O) groups is 1. The van der Waals surface area contributed by atoms with Crippen molar-refractivity contribution in [3.05, 3.63) is 59.1 Å². The van der Waals surface area contributed by atoms with Gasteiger partial charge in [0.2, 0.25) is 0 Å². The average Bonchev–Trinajstić information content (AvgIpc) is 2.35. The lowest BCUT2D eigenvalue weighted by molar-refractivity contribution is 0.0958. The van der Waals surface area contributed by atoms with Crippen LogP contribution in [0.5, 0.6) is 0 Å². The summed E-state index contributed by atoms with van der Waals surface area (Å²) in [6.07, 6.45) is 1.66. The summed E-state index contributed by atoms with van der Waals surface area (Å²) in [6, 6.07) is 11.6. The number of rotatable bonds is 3. The molecule has 17 heavy (non-hydrogen) atoms. The van der Waals surface area contributed by atoms with E-state index in [1.54, 1.807) is 6.08 Å². The zero-order chi connectivity index (χ0) is 12.3. The van der Waals surface area contributed by atoms with E-state index in [4.69, 9.17) is 0 Å². The van der Waals surface area contributed by atoms with Crippen LogP contribution in [0.2, 0.25) is 0 Å². The second-order valence-corrected chi connectivity index (χ2v) is 4.62. The predicted octanol–water partition coefficient (Wildman–Crippen LogP) is 3.52. The maximum atomic E-state index is 11.7. The van der Waals surface area contributed by atoms with Gasteiger partial charge >= 0.3 is 0 Å². The number of fused-ring (bicyclic) bond motifs is 1. The maximum Gasteiger partial charge on any atom is 0.251 e. The Morgan fingerprint density at radius 2 is 1.94 bits per heavy atom. The molecule has 0 fully saturated rings. The monoisotopic (exact) mass is 289 g/mol. The fourth-order valence-electron chi connectivity index (χ4n) is 1.62. The van der Waals surface area contributed by atoms with Gasteiger partial charge in [0.05, 0.1) is 0 Å². The standard InChI is InChI=1S/C14H12BrNO/c1-2-7-16-14(17)12-4-3-11-9-13(15)6-5-10(11)8-12/h2-6,8-9H,1,7H2,(H,16,17). The molecule has 0 unspecified atom stereocenters. The van der Waals surface area contributed by atoms with Gasteiger partial charge in [0.1, 0.15) is 0 Å². The van der Waals surface area contributed by atoms with Crippen molar-refractivity contribution in [1.82, 2.24) is 5.32 Å². The zero-order valence-corrected chi connectivity index (χ0v) is 10.8. The first kappa shape index (κ1) is 11.9. The average molecular weight is 290 g/mol. The molecule has 86 valence electrons. The molecule has 3 heteroatoms. The van der Waals surface area contributed by atoms with Gasteiger partial charge in [-0.1, -0.05) is 34.1 Å². The first-order valence-electron chi connectivity index (χ1n) is 5.29. The van der Waals surface area contributed by atoms with Crippen LogP contribution in [0.3, 0.4) is 0 Å². The van der Waals surface area contributed by atoms with Crippen molar-refractivity contribution >= 4 is 32.6 Å². The molecule has 0 atom stereocenters. The highest BCUT2D eigenvalue weighted by molar-refractivity contribution is 9.10. The van der Waals surface area contributed by atoms with E-state index in [2.05, 4.69) is 27.8 Å². The van der Waals surface area contributed by atoms with Crippen LogP contribution in [0.25, 0.3) is 10.8 Å². The molecule has 1 N–H and O–H groups in total. The predicted molar refractivity (Wildman–Crippen MR) is 74.2 cm³/mol. The maximum absolute atomic E-state index is 11.7. The molecule has 2 aromatic carbocycles. The molecule has 2 nitrogen and oxygen atoms in total. The number of halogens is 1. The van der Waals surface area contributed by atoms with Crippen molar-refractivity contribution in [2.24, 2.45) is 0 Å². The van der Waals surface area contributed by atoms with Crippen LogP contribution < -0.4 is 5.32 Å². The molecule has 0 spiro atoms. The van der Waals surface area contributed by atoms with E-state index < -0.39 is 0 Å². The molecule has 0 aliphatic rings. The van der Waals surface area contributed by atoms with Crippen LogP contribution in [-0.4, -0.2) is 12.5 Å². The van der Waals surface area contributed by atoms with Gasteiger partial charge in [0, 0.05) is 16.6 Å². The zero-order valence-electron chi connectivity index (χ0n) is 9.24. The smallest absolute Gasteiger partial charge is 0.251 e. The summed E-state index contributed by atoms with van der Waals surface area (Å²) in [7, 11) is 0. The van der Waals surface area contributed by atoms with E-state index in [1.807, 2.05) is 36.4 Å². The van der Waals surface area contributed by atoms with E-state index in [0.717, 1.165) is 15.2 Å². The van der Waals surface area contributed by atoms with Crippen molar-refractivity contribution in [3.8, 4) is 0 Å². The quantitative estimate of drug-likeness (QED) is 0.861. The Labute approximate surface area is 108 Å². The van der Waals surface area contributed by atoms with E-state index in [0.29, 0.717) is 12.1 Å². The molecule has 2 aromatic rings. The molecule has 0 heterocycles. The molecular formula is C14H12BrNO. The third-order valence-corrected chi connectivity index (χ3v) is 2.96. The number of nitrogens with one attached hydrogen (secondary N) is 1. The van der Waals surface area contributed by atoms with Crippen LogP contribution in [0, 0.1) is 0 Å². The van der Waals surface area contributed by atoms with E-state index >= 15 is 0 Å². The number of carbonyl (C=O) groups excluding carboxylic acids is 1. The SMILES string of the molecule is C=CCNC(=O)c1ccc2cc(Br)ccc2c1. The highest BCUT2D eigenvalue weighted by Gasteiger charge is 2.04. The van der Waals surface area contributed by atoms with E-state index in [1.165, 1.54) is 0 Å². The lowest BCUT2D eigenvalue weighted by Gasteiger charge is -2.04. The number of hydrogen-bond donors (Lipinski definition) is 1. The second-order valence-electron chi connectivity index (χ2n) is 3.70. The minimum atomic E-state index is -0.0743. The second kappa shape index (κ2) is 5.15. The van der Waals surface area contributed by atoms with Gasteiger partial charge < -0.3 is 5.32 Å². The molecular weight excluding hydrogens is 278 g/mol. The van der Waals surface area contributed by atoms with E-state index in [-0.39, 0.29) is 5.91 Å². The summed E-state index contributed by atoms with van der Waals surface area (Å²) in [4.78, 5) is 11.7. The Morgan fingerprint density at radius 3 is 2.71 bits per heavy atom. The Kier molecular flexibility index (Phi) is 3.59. The Bertz CT molecular complexity index is 577. The highest BCUT2D eigenvalue weighted by atomic mass is 79.9. The van der Waals surface area contributed by atoms with Gasteiger partial charge in [-0.3, -0.25) is 4.79 Å². The van der Waals surface area contributed by atoms with Gasteiger partial charge in [-0.15, -0.1) is 6.58 Å². The molecule has 1 amide bonds. The van der Waals surface area contributed by atoms with Gasteiger partial charge in [0.15, 0.2) is 0 Å². The largest absolute Gasteiger partial charge is 0.349 e.